The van der Waals surface area contributed by atoms with Crippen molar-refractivity contribution in [3.05, 3.63) is 0 Å². The lowest BCUT2D eigenvalue weighted by Crippen LogP contribution is -2.50. The number of hydrogen-bond acceptors (Lipinski definition) is 3. The molecular formula is C11H27NO2Si2. The van der Waals surface area contributed by atoms with Crippen LogP contribution in [0.3, 0.4) is 0 Å². The minimum Gasteiger partial charge on any atom is -0.379 e. The van der Waals surface area contributed by atoms with Gasteiger partial charge in [0.2, 0.25) is 0 Å². The highest BCUT2D eigenvalue weighted by Gasteiger charge is 2.25. The van der Waals surface area contributed by atoms with Crippen LogP contribution in [0, 0.1) is 0 Å². The second kappa shape index (κ2) is 6.30. The van der Waals surface area contributed by atoms with Gasteiger partial charge < -0.3 is 13.7 Å². The van der Waals surface area contributed by atoms with E-state index in [1.54, 1.807) is 0 Å². The summed E-state index contributed by atoms with van der Waals surface area (Å²) in [5, 5.41) is 0. The molecule has 0 bridgehead atoms. The average Bonchev–Trinajstić information content (AvgIpc) is 2.98. The van der Waals surface area contributed by atoms with Crippen molar-refractivity contribution in [2.75, 3.05) is 26.9 Å². The Morgan fingerprint density at radius 1 is 1.44 bits per heavy atom. The van der Waals surface area contributed by atoms with Gasteiger partial charge in [-0.15, -0.1) is 0 Å². The molecule has 0 aromatic carbocycles. The fourth-order valence-electron chi connectivity index (χ4n) is 1.71. The predicted octanol–water partition coefficient (Wildman–Crippen LogP) is 1.91. The topological polar surface area (TPSA) is 25.0 Å². The molecule has 1 aliphatic heterocycles. The molecule has 0 saturated carbocycles. The van der Waals surface area contributed by atoms with E-state index in [4.69, 9.17) is 9.47 Å². The highest BCUT2D eigenvalue weighted by molar-refractivity contribution is 6.82. The van der Waals surface area contributed by atoms with Crippen molar-refractivity contribution in [3.8, 4) is 0 Å². The molecule has 1 heterocycles. The third-order valence-corrected chi connectivity index (χ3v) is 11.7. The highest BCUT2D eigenvalue weighted by atomic mass is 28.4. The first-order valence-corrected chi connectivity index (χ1v) is 12.3. The Hall–Kier alpha value is 0.314. The van der Waals surface area contributed by atoms with Gasteiger partial charge in [0.25, 0.3) is 0 Å². The summed E-state index contributed by atoms with van der Waals surface area (Å²) >= 11 is 0. The maximum absolute atomic E-state index is 5.56. The van der Waals surface area contributed by atoms with Gasteiger partial charge in [-0.05, 0) is 19.5 Å². The molecule has 1 saturated heterocycles. The summed E-state index contributed by atoms with van der Waals surface area (Å²) in [7, 11) is 0.567. The Morgan fingerprint density at radius 3 is 2.56 bits per heavy atom. The first kappa shape index (κ1) is 14.4. The van der Waals surface area contributed by atoms with Crippen LogP contribution in [0.25, 0.3) is 0 Å². The van der Waals surface area contributed by atoms with Crippen LogP contribution >= 0.6 is 0 Å². The molecule has 3 nitrogen and oxygen atoms in total. The van der Waals surface area contributed by atoms with Crippen molar-refractivity contribution in [1.82, 2.24) is 4.23 Å². The van der Waals surface area contributed by atoms with Gasteiger partial charge in [-0.1, -0.05) is 26.2 Å². The van der Waals surface area contributed by atoms with Crippen molar-refractivity contribution in [3.63, 3.8) is 0 Å². The van der Waals surface area contributed by atoms with Crippen LogP contribution < -0.4 is 0 Å². The van der Waals surface area contributed by atoms with E-state index >= 15 is 0 Å². The van der Waals surface area contributed by atoms with E-state index in [1.165, 1.54) is 12.5 Å². The quantitative estimate of drug-likeness (QED) is 0.379. The molecule has 2 unspecified atom stereocenters. The van der Waals surface area contributed by atoms with Crippen LogP contribution in [0.4, 0.5) is 0 Å². The highest BCUT2D eigenvalue weighted by Crippen LogP contribution is 2.13. The third-order valence-electron chi connectivity index (χ3n) is 3.34. The smallest absolute Gasteiger partial charge is 0.111 e. The molecule has 0 N–H and O–H groups in total. The lowest BCUT2D eigenvalue weighted by molar-refractivity contribution is 0.117. The van der Waals surface area contributed by atoms with Gasteiger partial charge >= 0.3 is 0 Å². The molecule has 0 radical (unpaired) electrons. The van der Waals surface area contributed by atoms with Crippen molar-refractivity contribution in [2.45, 2.75) is 44.8 Å². The average molecular weight is 262 g/mol. The summed E-state index contributed by atoms with van der Waals surface area (Å²) in [5.41, 5.74) is 0. The van der Waals surface area contributed by atoms with Crippen molar-refractivity contribution in [2.24, 2.45) is 0 Å². The molecule has 0 spiro atoms. The minimum absolute atomic E-state index is 0.416. The van der Waals surface area contributed by atoms with E-state index in [0.29, 0.717) is 6.10 Å². The molecule has 5 heteroatoms. The van der Waals surface area contributed by atoms with Crippen LogP contribution in [0.5, 0.6) is 0 Å². The first-order chi connectivity index (χ1) is 7.41. The van der Waals surface area contributed by atoms with Gasteiger partial charge in [0.05, 0.1) is 13.2 Å². The fourth-order valence-corrected chi connectivity index (χ4v) is 8.54. The maximum atomic E-state index is 5.56. The van der Waals surface area contributed by atoms with Gasteiger partial charge in [-0.2, -0.15) is 0 Å². The Balaban J connectivity index is 2.02. The Kier molecular flexibility index (Phi) is 5.66. The third kappa shape index (κ3) is 5.59. The van der Waals surface area contributed by atoms with Crippen molar-refractivity contribution in [1.29, 1.82) is 0 Å². The van der Waals surface area contributed by atoms with E-state index in [-0.39, 0.29) is 0 Å². The summed E-state index contributed by atoms with van der Waals surface area (Å²) in [6.07, 6.45) is 1.63. The van der Waals surface area contributed by atoms with Gasteiger partial charge in [0, 0.05) is 6.61 Å². The van der Waals surface area contributed by atoms with E-state index in [0.717, 1.165) is 19.8 Å². The molecule has 2 atom stereocenters. The zero-order valence-corrected chi connectivity index (χ0v) is 13.6. The molecule has 1 rings (SSSR count). The second-order valence-electron chi connectivity index (χ2n) is 5.80. The summed E-state index contributed by atoms with van der Waals surface area (Å²) < 4.78 is 13.4. The minimum atomic E-state index is -1.07. The molecule has 96 valence electrons. The Morgan fingerprint density at radius 2 is 2.06 bits per heavy atom. The number of rotatable bonds is 8. The number of ether oxygens (including phenoxy) is 2. The van der Waals surface area contributed by atoms with Gasteiger partial charge in [0.15, 0.2) is 0 Å². The summed E-state index contributed by atoms with van der Waals surface area (Å²) in [5.74, 6) is 0. The number of epoxide rings is 1. The molecule has 0 aliphatic carbocycles. The van der Waals surface area contributed by atoms with E-state index in [9.17, 15) is 0 Å². The molecule has 0 aromatic heterocycles. The molecule has 0 aromatic rings. The molecular weight excluding hydrogens is 234 g/mol. The van der Waals surface area contributed by atoms with E-state index in [1.807, 2.05) is 0 Å². The van der Waals surface area contributed by atoms with Crippen LogP contribution in [0.1, 0.15) is 6.42 Å². The van der Waals surface area contributed by atoms with Gasteiger partial charge in [-0.3, -0.25) is 0 Å². The molecule has 1 aliphatic rings. The second-order valence-corrected chi connectivity index (χ2v) is 14.4. The van der Waals surface area contributed by atoms with Crippen LogP contribution in [-0.2, 0) is 9.47 Å². The fraction of sp³-hybridized carbons (Fsp3) is 1.00. The van der Waals surface area contributed by atoms with Crippen molar-refractivity contribution < 1.29 is 9.47 Å². The van der Waals surface area contributed by atoms with Gasteiger partial charge in [0.1, 0.15) is 23.3 Å². The van der Waals surface area contributed by atoms with Gasteiger partial charge in [-0.25, -0.2) is 0 Å². The summed E-state index contributed by atoms with van der Waals surface area (Å²) in [4.78, 5) is 0. The monoisotopic (exact) mass is 261 g/mol. The van der Waals surface area contributed by atoms with E-state index < -0.39 is 17.2 Å². The largest absolute Gasteiger partial charge is 0.379 e. The molecule has 16 heavy (non-hydrogen) atoms. The summed E-state index contributed by atoms with van der Waals surface area (Å²) in [6.45, 7) is 12.4. The van der Waals surface area contributed by atoms with E-state index in [2.05, 4.69) is 37.5 Å². The zero-order chi connectivity index (χ0) is 12.2. The Bertz CT molecular complexity index is 205. The predicted molar refractivity (Wildman–Crippen MR) is 74.1 cm³/mol. The molecule has 1 fully saturated rings. The van der Waals surface area contributed by atoms with Crippen LogP contribution in [0.2, 0.25) is 32.2 Å². The van der Waals surface area contributed by atoms with Crippen LogP contribution in [-0.4, -0.2) is 54.4 Å². The maximum Gasteiger partial charge on any atom is 0.111 e. The normalized spacial score (nSPS) is 22.5. The molecule has 0 amide bonds. The lowest BCUT2D eigenvalue weighted by Gasteiger charge is -2.35. The Labute approximate surface area is 103 Å². The number of hydrogen-bond donors (Lipinski definition) is 0. The first-order valence-electron chi connectivity index (χ1n) is 6.33. The number of nitrogens with zero attached hydrogens (tertiary/aromatic N) is 1. The SMILES string of the molecule is CN([SiH](C)CCCOCC1CO1)[Si](C)(C)C. The zero-order valence-electron chi connectivity index (χ0n) is 11.5. The lowest BCUT2D eigenvalue weighted by atomic mass is 10.5. The summed E-state index contributed by atoms with van der Waals surface area (Å²) in [6, 6.07) is 1.37. The van der Waals surface area contributed by atoms with Crippen LogP contribution in [0.15, 0.2) is 0 Å². The van der Waals surface area contributed by atoms with Crippen molar-refractivity contribution >= 4 is 17.2 Å². The standard InChI is InChI=1S/C11H27NO2Si2/c1-12(16(3,4)5)15(2)8-6-7-13-9-11-10-14-11/h11,15H,6-10H2,1-5H3.